The quantitative estimate of drug-likeness (QED) is 0.728. The third kappa shape index (κ3) is 4.20. The second kappa shape index (κ2) is 6.11. The number of hydrogen-bond donors (Lipinski definition) is 2. The van der Waals surface area contributed by atoms with E-state index in [4.69, 9.17) is 5.73 Å². The minimum absolute atomic E-state index is 0.160. The number of nitrogens with two attached hydrogens (primary N) is 1. The first kappa shape index (κ1) is 12.5. The van der Waals surface area contributed by atoms with Crippen LogP contribution in [0, 0.1) is 11.8 Å². The Morgan fingerprint density at radius 1 is 1.40 bits per heavy atom. The van der Waals surface area contributed by atoms with Crippen molar-refractivity contribution in [3.05, 3.63) is 0 Å². The van der Waals surface area contributed by atoms with E-state index >= 15 is 0 Å². The molecule has 0 bridgehead atoms. The standard InChI is InChI=1S/C12H24N2O/c1-9(2)7-12(15)14-11(8-13)10-5-3-4-6-10/h9-11H,3-8,13H2,1-2H3,(H,14,15). The van der Waals surface area contributed by atoms with Crippen molar-refractivity contribution in [1.82, 2.24) is 5.32 Å². The summed E-state index contributed by atoms with van der Waals surface area (Å²) in [6, 6.07) is 0.207. The van der Waals surface area contributed by atoms with Crippen molar-refractivity contribution in [2.24, 2.45) is 17.6 Å². The van der Waals surface area contributed by atoms with Gasteiger partial charge in [-0.1, -0.05) is 26.7 Å². The summed E-state index contributed by atoms with van der Waals surface area (Å²) in [5, 5.41) is 3.08. The first-order chi connectivity index (χ1) is 7.13. The van der Waals surface area contributed by atoms with E-state index < -0.39 is 0 Å². The number of nitrogens with one attached hydrogen (secondary N) is 1. The van der Waals surface area contributed by atoms with Crippen LogP contribution in [0.1, 0.15) is 46.0 Å². The van der Waals surface area contributed by atoms with E-state index in [2.05, 4.69) is 19.2 Å². The zero-order valence-electron chi connectivity index (χ0n) is 9.96. The highest BCUT2D eigenvalue weighted by Gasteiger charge is 2.25. The summed E-state index contributed by atoms with van der Waals surface area (Å²) in [6.45, 7) is 4.70. The van der Waals surface area contributed by atoms with Crippen LogP contribution in [-0.4, -0.2) is 18.5 Å². The van der Waals surface area contributed by atoms with Crippen molar-refractivity contribution in [3.63, 3.8) is 0 Å². The number of amides is 1. The van der Waals surface area contributed by atoms with Gasteiger partial charge in [-0.3, -0.25) is 4.79 Å². The topological polar surface area (TPSA) is 55.1 Å². The molecule has 0 saturated heterocycles. The van der Waals surface area contributed by atoms with E-state index in [1.165, 1.54) is 25.7 Å². The molecule has 0 aliphatic heterocycles. The van der Waals surface area contributed by atoms with Gasteiger partial charge < -0.3 is 11.1 Å². The van der Waals surface area contributed by atoms with Crippen LogP contribution in [0.15, 0.2) is 0 Å². The summed E-state index contributed by atoms with van der Waals surface area (Å²) >= 11 is 0. The fourth-order valence-corrected chi connectivity index (χ4v) is 2.37. The van der Waals surface area contributed by atoms with Crippen molar-refractivity contribution in [2.45, 2.75) is 52.0 Å². The molecule has 3 nitrogen and oxygen atoms in total. The monoisotopic (exact) mass is 212 g/mol. The van der Waals surface area contributed by atoms with E-state index in [9.17, 15) is 4.79 Å². The van der Waals surface area contributed by atoms with Crippen LogP contribution in [0.4, 0.5) is 0 Å². The van der Waals surface area contributed by atoms with Crippen LogP contribution in [0.25, 0.3) is 0 Å². The summed E-state index contributed by atoms with van der Waals surface area (Å²) < 4.78 is 0. The van der Waals surface area contributed by atoms with E-state index in [-0.39, 0.29) is 11.9 Å². The number of hydrogen-bond acceptors (Lipinski definition) is 2. The molecule has 1 unspecified atom stereocenters. The average molecular weight is 212 g/mol. The van der Waals surface area contributed by atoms with Crippen molar-refractivity contribution < 1.29 is 4.79 Å². The fourth-order valence-electron chi connectivity index (χ4n) is 2.37. The first-order valence-electron chi connectivity index (χ1n) is 6.13. The van der Waals surface area contributed by atoms with Gasteiger partial charge in [0.2, 0.25) is 5.91 Å². The van der Waals surface area contributed by atoms with Gasteiger partial charge in [0.15, 0.2) is 0 Å². The third-order valence-electron chi connectivity index (χ3n) is 3.16. The highest BCUT2D eigenvalue weighted by molar-refractivity contribution is 5.76. The smallest absolute Gasteiger partial charge is 0.220 e. The predicted molar refractivity (Wildman–Crippen MR) is 62.4 cm³/mol. The molecule has 0 spiro atoms. The van der Waals surface area contributed by atoms with Crippen LogP contribution < -0.4 is 11.1 Å². The maximum Gasteiger partial charge on any atom is 0.220 e. The van der Waals surface area contributed by atoms with Crippen LogP contribution in [0.5, 0.6) is 0 Å². The molecular weight excluding hydrogens is 188 g/mol. The van der Waals surface area contributed by atoms with Gasteiger partial charge in [-0.25, -0.2) is 0 Å². The van der Waals surface area contributed by atoms with Crippen LogP contribution >= 0.6 is 0 Å². The maximum atomic E-state index is 11.6. The summed E-state index contributed by atoms with van der Waals surface area (Å²) in [5.41, 5.74) is 5.72. The lowest BCUT2D eigenvalue weighted by Gasteiger charge is -2.23. The molecule has 15 heavy (non-hydrogen) atoms. The van der Waals surface area contributed by atoms with Gasteiger partial charge in [0, 0.05) is 19.0 Å². The predicted octanol–water partition coefficient (Wildman–Crippen LogP) is 1.67. The van der Waals surface area contributed by atoms with Gasteiger partial charge in [-0.2, -0.15) is 0 Å². The molecule has 1 aliphatic carbocycles. The zero-order chi connectivity index (χ0) is 11.3. The van der Waals surface area contributed by atoms with Gasteiger partial charge in [0.05, 0.1) is 0 Å². The Morgan fingerprint density at radius 3 is 2.47 bits per heavy atom. The van der Waals surface area contributed by atoms with E-state index in [0.717, 1.165) is 0 Å². The lowest BCUT2D eigenvalue weighted by atomic mass is 9.97. The molecule has 1 rings (SSSR count). The molecule has 0 aromatic rings. The molecule has 1 atom stereocenters. The van der Waals surface area contributed by atoms with Gasteiger partial charge in [-0.15, -0.1) is 0 Å². The van der Waals surface area contributed by atoms with Crippen molar-refractivity contribution in [2.75, 3.05) is 6.54 Å². The van der Waals surface area contributed by atoms with E-state index in [1.807, 2.05) is 0 Å². The molecule has 3 N–H and O–H groups in total. The molecule has 0 aromatic carbocycles. The SMILES string of the molecule is CC(C)CC(=O)NC(CN)C1CCCC1. The van der Waals surface area contributed by atoms with Crippen LogP contribution in [0.3, 0.4) is 0 Å². The normalized spacial score (nSPS) is 19.5. The van der Waals surface area contributed by atoms with Crippen molar-refractivity contribution in [1.29, 1.82) is 0 Å². The fraction of sp³-hybridized carbons (Fsp3) is 0.917. The molecule has 0 aromatic heterocycles. The Kier molecular flexibility index (Phi) is 5.09. The summed E-state index contributed by atoms with van der Waals surface area (Å²) in [4.78, 5) is 11.6. The van der Waals surface area contributed by atoms with Gasteiger partial charge in [0.25, 0.3) is 0 Å². The Hall–Kier alpha value is -0.570. The Bertz CT molecular complexity index is 198. The second-order valence-corrected chi connectivity index (χ2v) is 5.05. The Labute approximate surface area is 92.8 Å². The Balaban J connectivity index is 2.35. The van der Waals surface area contributed by atoms with Gasteiger partial charge in [0.1, 0.15) is 0 Å². The summed E-state index contributed by atoms with van der Waals surface area (Å²) in [7, 11) is 0. The highest BCUT2D eigenvalue weighted by atomic mass is 16.1. The molecule has 1 saturated carbocycles. The second-order valence-electron chi connectivity index (χ2n) is 5.05. The minimum Gasteiger partial charge on any atom is -0.352 e. The average Bonchev–Trinajstić information content (AvgIpc) is 2.65. The summed E-state index contributed by atoms with van der Waals surface area (Å²) in [6.07, 6.45) is 5.65. The number of carbonyl (C=O) groups is 1. The molecule has 1 fully saturated rings. The maximum absolute atomic E-state index is 11.6. The lowest BCUT2D eigenvalue weighted by Crippen LogP contribution is -2.44. The first-order valence-corrected chi connectivity index (χ1v) is 6.13. The molecule has 0 radical (unpaired) electrons. The molecule has 3 heteroatoms. The molecule has 1 aliphatic rings. The van der Waals surface area contributed by atoms with Crippen LogP contribution in [0.2, 0.25) is 0 Å². The zero-order valence-corrected chi connectivity index (χ0v) is 9.96. The molecule has 88 valence electrons. The van der Waals surface area contributed by atoms with Gasteiger partial charge >= 0.3 is 0 Å². The highest BCUT2D eigenvalue weighted by Crippen LogP contribution is 2.27. The van der Waals surface area contributed by atoms with Crippen LogP contribution in [-0.2, 0) is 4.79 Å². The van der Waals surface area contributed by atoms with Crippen molar-refractivity contribution >= 4 is 5.91 Å². The molecular formula is C12H24N2O. The lowest BCUT2D eigenvalue weighted by molar-refractivity contribution is -0.122. The largest absolute Gasteiger partial charge is 0.352 e. The van der Waals surface area contributed by atoms with E-state index in [0.29, 0.717) is 24.8 Å². The number of carbonyl (C=O) groups excluding carboxylic acids is 1. The Morgan fingerprint density at radius 2 is 2.00 bits per heavy atom. The molecule has 1 amide bonds. The van der Waals surface area contributed by atoms with Gasteiger partial charge in [-0.05, 0) is 24.7 Å². The third-order valence-corrected chi connectivity index (χ3v) is 3.16. The van der Waals surface area contributed by atoms with Crippen molar-refractivity contribution in [3.8, 4) is 0 Å². The minimum atomic E-state index is 0.160. The van der Waals surface area contributed by atoms with E-state index in [1.54, 1.807) is 0 Å². The summed E-state index contributed by atoms with van der Waals surface area (Å²) in [5.74, 6) is 1.20. The number of rotatable bonds is 5. The molecule has 0 heterocycles.